The Labute approximate surface area is 124 Å². The number of benzene rings is 2. The number of aromatic hydroxyl groups is 1. The zero-order chi connectivity index (χ0) is 13.8. The van der Waals surface area contributed by atoms with Crippen LogP contribution in [0.25, 0.3) is 10.8 Å². The Hall–Kier alpha value is -1.20. The Morgan fingerprint density at radius 3 is 2.68 bits per heavy atom. The van der Waals surface area contributed by atoms with E-state index in [1.807, 2.05) is 30.3 Å². The van der Waals surface area contributed by atoms with E-state index in [1.54, 1.807) is 17.8 Å². The van der Waals surface area contributed by atoms with Gasteiger partial charge in [-0.2, -0.15) is 0 Å². The monoisotopic (exact) mass is 340 g/mol. The molecule has 0 amide bonds. The van der Waals surface area contributed by atoms with E-state index in [9.17, 15) is 9.90 Å². The number of ether oxygens (including phenoxy) is 1. The van der Waals surface area contributed by atoms with Crippen LogP contribution in [0.4, 0.5) is 0 Å². The van der Waals surface area contributed by atoms with E-state index in [4.69, 9.17) is 0 Å². The number of hydrogen-bond donors (Lipinski definition) is 1. The van der Waals surface area contributed by atoms with E-state index >= 15 is 0 Å². The molecule has 0 radical (unpaired) electrons. The molecular formula is C14H13BrO3S. The van der Waals surface area contributed by atoms with Crippen molar-refractivity contribution in [3.63, 3.8) is 0 Å². The van der Waals surface area contributed by atoms with Gasteiger partial charge in [0, 0.05) is 16.0 Å². The second-order valence-corrected chi connectivity index (χ2v) is 6.10. The van der Waals surface area contributed by atoms with E-state index < -0.39 is 0 Å². The van der Waals surface area contributed by atoms with Crippen molar-refractivity contribution in [1.82, 2.24) is 0 Å². The smallest absolute Gasteiger partial charge is 0.320 e. The van der Waals surface area contributed by atoms with Gasteiger partial charge in [0.2, 0.25) is 0 Å². The number of alkyl halides is 1. The molecule has 2 aromatic rings. The molecule has 1 N–H and O–H groups in total. The van der Waals surface area contributed by atoms with Crippen LogP contribution in [-0.2, 0) is 9.53 Å². The summed E-state index contributed by atoms with van der Waals surface area (Å²) in [5.74, 6) is 0.556. The minimum Gasteiger partial charge on any atom is -0.507 e. The molecule has 0 aliphatic rings. The van der Waals surface area contributed by atoms with Gasteiger partial charge in [-0.1, -0.05) is 40.2 Å². The Morgan fingerprint density at radius 2 is 2.00 bits per heavy atom. The molecule has 0 spiro atoms. The number of rotatable bonds is 4. The van der Waals surface area contributed by atoms with Crippen molar-refractivity contribution in [1.29, 1.82) is 0 Å². The minimum absolute atomic E-state index is 0.267. The Kier molecular flexibility index (Phi) is 4.71. The predicted molar refractivity (Wildman–Crippen MR) is 81.1 cm³/mol. The average molecular weight is 341 g/mol. The van der Waals surface area contributed by atoms with Gasteiger partial charge in [0.05, 0.1) is 7.11 Å². The third-order valence-electron chi connectivity index (χ3n) is 2.70. The molecule has 1 atom stereocenters. The van der Waals surface area contributed by atoms with Gasteiger partial charge in [-0.3, -0.25) is 4.79 Å². The van der Waals surface area contributed by atoms with Gasteiger partial charge in [-0.05, 0) is 17.5 Å². The van der Waals surface area contributed by atoms with E-state index in [0.29, 0.717) is 5.75 Å². The van der Waals surface area contributed by atoms with E-state index in [1.165, 1.54) is 7.11 Å². The summed E-state index contributed by atoms with van der Waals surface area (Å²) in [5, 5.41) is 11.6. The molecule has 5 heteroatoms. The van der Waals surface area contributed by atoms with Crippen LogP contribution in [-0.4, -0.2) is 28.8 Å². The first kappa shape index (κ1) is 14.2. The van der Waals surface area contributed by atoms with Crippen molar-refractivity contribution in [2.45, 2.75) is 9.72 Å². The van der Waals surface area contributed by atoms with Gasteiger partial charge in [0.15, 0.2) is 0 Å². The van der Waals surface area contributed by atoms with Gasteiger partial charge >= 0.3 is 5.97 Å². The van der Waals surface area contributed by atoms with Crippen LogP contribution in [0.5, 0.6) is 5.75 Å². The number of carbonyl (C=O) groups excluding carboxylic acids is 1. The lowest BCUT2D eigenvalue weighted by Gasteiger charge is -2.10. The quantitative estimate of drug-likeness (QED) is 0.525. The molecular weight excluding hydrogens is 328 g/mol. The maximum atomic E-state index is 11.3. The molecule has 2 aromatic carbocycles. The number of thioether (sulfide) groups is 1. The largest absolute Gasteiger partial charge is 0.507 e. The summed E-state index contributed by atoms with van der Waals surface area (Å²) in [5.41, 5.74) is 0. The minimum atomic E-state index is -0.338. The summed E-state index contributed by atoms with van der Waals surface area (Å²) >= 11 is 4.85. The Balaban J connectivity index is 2.22. The van der Waals surface area contributed by atoms with Crippen molar-refractivity contribution in [3.05, 3.63) is 36.4 Å². The first-order chi connectivity index (χ1) is 9.13. The third-order valence-corrected chi connectivity index (χ3v) is 5.00. The summed E-state index contributed by atoms with van der Waals surface area (Å²) in [6, 6.07) is 11.2. The summed E-state index contributed by atoms with van der Waals surface area (Å²) in [7, 11) is 1.37. The number of esters is 1. The summed E-state index contributed by atoms with van der Waals surface area (Å²) in [6.07, 6.45) is 0. The molecule has 0 aliphatic carbocycles. The third kappa shape index (κ3) is 3.22. The SMILES string of the molecule is COC(=O)C(Br)CSc1ccc(O)c2ccccc12. The first-order valence-corrected chi connectivity index (χ1v) is 7.59. The maximum Gasteiger partial charge on any atom is 0.320 e. The second kappa shape index (κ2) is 6.30. The lowest BCUT2D eigenvalue weighted by atomic mass is 10.1. The average Bonchev–Trinajstić information content (AvgIpc) is 2.45. The topological polar surface area (TPSA) is 46.5 Å². The fourth-order valence-corrected chi connectivity index (χ4v) is 3.28. The molecule has 0 aliphatic heterocycles. The van der Waals surface area contributed by atoms with Gasteiger partial charge in [0.25, 0.3) is 0 Å². The number of methoxy groups -OCH3 is 1. The maximum absolute atomic E-state index is 11.3. The highest BCUT2D eigenvalue weighted by atomic mass is 79.9. The molecule has 0 fully saturated rings. The molecule has 0 bridgehead atoms. The number of phenols is 1. The zero-order valence-electron chi connectivity index (χ0n) is 10.3. The second-order valence-electron chi connectivity index (χ2n) is 3.93. The van der Waals surface area contributed by atoms with Crippen LogP contribution in [0.15, 0.2) is 41.3 Å². The summed E-state index contributed by atoms with van der Waals surface area (Å²) in [4.78, 5) is 12.0. The highest BCUT2D eigenvalue weighted by molar-refractivity contribution is 9.10. The van der Waals surface area contributed by atoms with Crippen LogP contribution in [0.2, 0.25) is 0 Å². The van der Waals surface area contributed by atoms with Crippen LogP contribution >= 0.6 is 27.7 Å². The van der Waals surface area contributed by atoms with Crippen LogP contribution in [0.3, 0.4) is 0 Å². The van der Waals surface area contributed by atoms with Gasteiger partial charge in [-0.25, -0.2) is 0 Å². The normalized spacial score (nSPS) is 12.3. The highest BCUT2D eigenvalue weighted by Crippen LogP contribution is 2.34. The fraction of sp³-hybridized carbons (Fsp3) is 0.214. The molecule has 1 unspecified atom stereocenters. The number of phenolic OH excluding ortho intramolecular Hbond substituents is 1. The molecule has 19 heavy (non-hydrogen) atoms. The molecule has 2 rings (SSSR count). The predicted octanol–water partition coefficient (Wildman–Crippen LogP) is 3.57. The molecule has 0 aromatic heterocycles. The fourth-order valence-electron chi connectivity index (χ4n) is 1.74. The zero-order valence-corrected chi connectivity index (χ0v) is 12.7. The summed E-state index contributed by atoms with van der Waals surface area (Å²) < 4.78 is 4.67. The van der Waals surface area contributed by atoms with E-state index in [-0.39, 0.29) is 16.5 Å². The van der Waals surface area contributed by atoms with Crippen LogP contribution in [0.1, 0.15) is 0 Å². The lowest BCUT2D eigenvalue weighted by molar-refractivity contribution is -0.139. The number of carbonyl (C=O) groups is 1. The van der Waals surface area contributed by atoms with Crippen molar-refractivity contribution in [2.75, 3.05) is 12.9 Å². The first-order valence-electron chi connectivity index (χ1n) is 5.69. The molecule has 100 valence electrons. The lowest BCUT2D eigenvalue weighted by Crippen LogP contribution is -2.17. The van der Waals surface area contributed by atoms with Crippen LogP contribution < -0.4 is 0 Å². The standard InChI is InChI=1S/C14H13BrO3S/c1-18-14(17)11(15)8-19-13-7-6-12(16)9-4-2-3-5-10(9)13/h2-7,11,16H,8H2,1H3. The molecule has 3 nitrogen and oxygen atoms in total. The van der Waals surface area contributed by atoms with E-state index in [2.05, 4.69) is 20.7 Å². The molecule has 0 saturated heterocycles. The van der Waals surface area contributed by atoms with Gasteiger partial charge in [-0.15, -0.1) is 11.8 Å². The van der Waals surface area contributed by atoms with Crippen molar-refractivity contribution >= 4 is 44.4 Å². The Bertz CT molecular complexity index is 600. The number of halogens is 1. The van der Waals surface area contributed by atoms with E-state index in [0.717, 1.165) is 15.7 Å². The van der Waals surface area contributed by atoms with Crippen LogP contribution in [0, 0.1) is 0 Å². The Morgan fingerprint density at radius 1 is 1.32 bits per heavy atom. The molecule has 0 heterocycles. The summed E-state index contributed by atoms with van der Waals surface area (Å²) in [6.45, 7) is 0. The highest BCUT2D eigenvalue weighted by Gasteiger charge is 2.16. The van der Waals surface area contributed by atoms with Crippen molar-refractivity contribution in [2.24, 2.45) is 0 Å². The van der Waals surface area contributed by atoms with Crippen molar-refractivity contribution < 1.29 is 14.6 Å². The number of fused-ring (bicyclic) bond motifs is 1. The van der Waals surface area contributed by atoms with Gasteiger partial charge < -0.3 is 9.84 Å². The molecule has 0 saturated carbocycles. The van der Waals surface area contributed by atoms with Gasteiger partial charge in [0.1, 0.15) is 10.6 Å². The van der Waals surface area contributed by atoms with Crippen molar-refractivity contribution in [3.8, 4) is 5.75 Å². The number of hydrogen-bond acceptors (Lipinski definition) is 4.